The van der Waals surface area contributed by atoms with Gasteiger partial charge >= 0.3 is 6.03 Å². The highest BCUT2D eigenvalue weighted by molar-refractivity contribution is 6.19. The number of hydrogen-bond donors (Lipinski definition) is 1. The van der Waals surface area contributed by atoms with Crippen LogP contribution in [0.3, 0.4) is 0 Å². The number of barbiturate groups is 1. The summed E-state index contributed by atoms with van der Waals surface area (Å²) in [7, 11) is 2.11. The molecule has 0 unspecified atom stereocenters. The number of rotatable bonds is 3. The Bertz CT molecular complexity index is 465. The molecule has 0 aromatic rings. The Morgan fingerprint density at radius 2 is 1.86 bits per heavy atom. The fraction of sp³-hybridized carbons (Fsp3) is 0.800. The molecule has 2 aliphatic heterocycles. The molecule has 1 saturated carbocycles. The number of piperidine rings is 1. The van der Waals surface area contributed by atoms with Crippen LogP contribution >= 0.6 is 0 Å². The van der Waals surface area contributed by atoms with Crippen molar-refractivity contribution in [3.8, 4) is 0 Å². The monoisotopic (exact) mass is 293 g/mol. The quantitative estimate of drug-likeness (QED) is 0.787. The van der Waals surface area contributed by atoms with Crippen LogP contribution in [0.15, 0.2) is 0 Å². The molecule has 0 bridgehead atoms. The van der Waals surface area contributed by atoms with E-state index in [1.54, 1.807) is 0 Å². The van der Waals surface area contributed by atoms with E-state index in [1.165, 1.54) is 4.90 Å². The maximum Gasteiger partial charge on any atom is 0.330 e. The van der Waals surface area contributed by atoms with Gasteiger partial charge in [0.05, 0.1) is 0 Å². The number of hydrogen-bond acceptors (Lipinski definition) is 4. The fourth-order valence-electron chi connectivity index (χ4n) is 3.57. The molecule has 2 heterocycles. The van der Waals surface area contributed by atoms with Crippen molar-refractivity contribution in [2.75, 3.05) is 26.7 Å². The summed E-state index contributed by atoms with van der Waals surface area (Å²) in [4.78, 5) is 39.9. The lowest BCUT2D eigenvalue weighted by Gasteiger charge is -2.44. The molecule has 3 aliphatic rings. The Morgan fingerprint density at radius 3 is 2.43 bits per heavy atom. The van der Waals surface area contributed by atoms with Crippen molar-refractivity contribution in [1.82, 2.24) is 15.1 Å². The molecule has 1 N–H and O–H groups in total. The van der Waals surface area contributed by atoms with Gasteiger partial charge in [0.2, 0.25) is 11.8 Å². The molecular weight excluding hydrogens is 270 g/mol. The van der Waals surface area contributed by atoms with Crippen molar-refractivity contribution < 1.29 is 14.4 Å². The van der Waals surface area contributed by atoms with Crippen LogP contribution in [-0.4, -0.2) is 54.3 Å². The summed E-state index contributed by atoms with van der Waals surface area (Å²) in [6, 6.07) is -0.532. The van der Waals surface area contributed by atoms with Gasteiger partial charge in [0.25, 0.3) is 0 Å². The molecule has 1 aliphatic carbocycles. The summed E-state index contributed by atoms with van der Waals surface area (Å²) >= 11 is 0. The van der Waals surface area contributed by atoms with Crippen molar-refractivity contribution in [2.24, 2.45) is 11.3 Å². The van der Waals surface area contributed by atoms with E-state index in [0.29, 0.717) is 25.3 Å². The van der Waals surface area contributed by atoms with Crippen molar-refractivity contribution in [3.05, 3.63) is 0 Å². The molecule has 3 rings (SSSR count). The second-order valence-electron chi connectivity index (χ2n) is 6.69. The van der Waals surface area contributed by atoms with E-state index in [9.17, 15) is 14.4 Å². The zero-order valence-corrected chi connectivity index (χ0v) is 12.6. The predicted molar refractivity (Wildman–Crippen MR) is 76.4 cm³/mol. The standard InChI is InChI=1S/C15H23N3O3/c1-17-8-3-11(4-9-17)5-10-18-13(20)15(6-2-7-15)12(19)16-14(18)21/h11H,2-10H2,1H3,(H,16,19,21). The molecule has 0 aromatic heterocycles. The first kappa shape index (κ1) is 14.5. The number of urea groups is 1. The molecule has 0 aromatic carbocycles. The van der Waals surface area contributed by atoms with Crippen molar-refractivity contribution in [1.29, 1.82) is 0 Å². The highest BCUT2D eigenvalue weighted by Gasteiger charge is 2.57. The second-order valence-corrected chi connectivity index (χ2v) is 6.69. The lowest BCUT2D eigenvalue weighted by molar-refractivity contribution is -0.157. The molecule has 2 saturated heterocycles. The summed E-state index contributed by atoms with van der Waals surface area (Å²) in [6.07, 6.45) is 5.12. The number of likely N-dealkylation sites (tertiary alicyclic amines) is 1. The predicted octanol–water partition coefficient (Wildman–Crippen LogP) is 0.967. The topological polar surface area (TPSA) is 69.7 Å². The zero-order valence-electron chi connectivity index (χ0n) is 12.6. The van der Waals surface area contributed by atoms with Gasteiger partial charge in [0, 0.05) is 6.54 Å². The highest BCUT2D eigenvalue weighted by atomic mass is 16.2. The molecule has 21 heavy (non-hydrogen) atoms. The minimum Gasteiger partial charge on any atom is -0.306 e. The number of amides is 4. The van der Waals surface area contributed by atoms with Crippen LogP contribution in [0.1, 0.15) is 38.5 Å². The highest BCUT2D eigenvalue weighted by Crippen LogP contribution is 2.44. The van der Waals surface area contributed by atoms with Gasteiger partial charge in [0.1, 0.15) is 5.41 Å². The number of nitrogens with one attached hydrogen (secondary N) is 1. The molecule has 0 atom stereocenters. The fourth-order valence-corrected chi connectivity index (χ4v) is 3.57. The van der Waals surface area contributed by atoms with Gasteiger partial charge < -0.3 is 4.90 Å². The lowest BCUT2D eigenvalue weighted by Crippen LogP contribution is -2.66. The third kappa shape index (κ3) is 2.46. The summed E-state index contributed by atoms with van der Waals surface area (Å²) in [5, 5.41) is 2.37. The van der Waals surface area contributed by atoms with E-state index >= 15 is 0 Å². The van der Waals surface area contributed by atoms with Crippen molar-refractivity contribution in [2.45, 2.75) is 38.5 Å². The van der Waals surface area contributed by atoms with Gasteiger partial charge in [-0.1, -0.05) is 6.42 Å². The number of nitrogens with zero attached hydrogens (tertiary/aromatic N) is 2. The number of carbonyl (C=O) groups excluding carboxylic acids is 3. The van der Waals surface area contributed by atoms with Crippen LogP contribution in [-0.2, 0) is 9.59 Å². The van der Waals surface area contributed by atoms with Gasteiger partial charge in [-0.2, -0.15) is 0 Å². The molecular formula is C15H23N3O3. The minimum atomic E-state index is -0.930. The molecule has 116 valence electrons. The third-order valence-electron chi connectivity index (χ3n) is 5.36. The first-order valence-corrected chi connectivity index (χ1v) is 7.89. The van der Waals surface area contributed by atoms with E-state index in [0.717, 1.165) is 38.8 Å². The third-order valence-corrected chi connectivity index (χ3v) is 5.36. The van der Waals surface area contributed by atoms with Gasteiger partial charge in [-0.05, 0) is 58.2 Å². The Balaban J connectivity index is 1.60. The molecule has 4 amide bonds. The Morgan fingerprint density at radius 1 is 1.19 bits per heavy atom. The average molecular weight is 293 g/mol. The second kappa shape index (κ2) is 5.40. The first-order valence-electron chi connectivity index (χ1n) is 7.89. The van der Waals surface area contributed by atoms with Gasteiger partial charge in [0.15, 0.2) is 0 Å². The van der Waals surface area contributed by atoms with Gasteiger partial charge in [-0.25, -0.2) is 4.79 Å². The maximum atomic E-state index is 12.5. The van der Waals surface area contributed by atoms with Gasteiger partial charge in [-0.15, -0.1) is 0 Å². The molecule has 6 nitrogen and oxygen atoms in total. The van der Waals surface area contributed by atoms with Crippen LogP contribution in [0.2, 0.25) is 0 Å². The number of imide groups is 2. The SMILES string of the molecule is CN1CCC(CCN2C(=O)NC(=O)C3(CCC3)C2=O)CC1. The first-order chi connectivity index (χ1) is 10.0. The Kier molecular flexibility index (Phi) is 3.73. The van der Waals surface area contributed by atoms with Crippen molar-refractivity contribution in [3.63, 3.8) is 0 Å². The lowest BCUT2D eigenvalue weighted by atomic mass is 9.66. The average Bonchev–Trinajstić information content (AvgIpc) is 2.38. The summed E-state index contributed by atoms with van der Waals surface area (Å²) < 4.78 is 0. The van der Waals surface area contributed by atoms with E-state index in [1.807, 2.05) is 0 Å². The summed E-state index contributed by atoms with van der Waals surface area (Å²) in [5.41, 5.74) is -0.930. The minimum absolute atomic E-state index is 0.268. The molecule has 1 spiro atoms. The molecule has 0 radical (unpaired) electrons. The molecule has 6 heteroatoms. The largest absolute Gasteiger partial charge is 0.330 e. The van der Waals surface area contributed by atoms with E-state index in [-0.39, 0.29) is 11.8 Å². The van der Waals surface area contributed by atoms with E-state index < -0.39 is 11.4 Å². The Hall–Kier alpha value is -1.43. The van der Waals surface area contributed by atoms with Crippen LogP contribution in [0, 0.1) is 11.3 Å². The Labute approximate surface area is 124 Å². The normalized spacial score (nSPS) is 26.9. The van der Waals surface area contributed by atoms with Gasteiger partial charge in [-0.3, -0.25) is 19.8 Å². The van der Waals surface area contributed by atoms with E-state index in [4.69, 9.17) is 0 Å². The smallest absolute Gasteiger partial charge is 0.306 e. The summed E-state index contributed by atoms with van der Waals surface area (Å²) in [6.45, 7) is 2.59. The van der Waals surface area contributed by atoms with Crippen LogP contribution in [0.5, 0.6) is 0 Å². The molecule has 3 fully saturated rings. The maximum absolute atomic E-state index is 12.5. The summed E-state index contributed by atoms with van der Waals surface area (Å²) in [5.74, 6) is -0.0912. The van der Waals surface area contributed by atoms with Crippen molar-refractivity contribution >= 4 is 17.8 Å². The number of carbonyl (C=O) groups is 3. The zero-order chi connectivity index (χ0) is 15.0. The van der Waals surface area contributed by atoms with E-state index in [2.05, 4.69) is 17.3 Å². The van der Waals surface area contributed by atoms with Crippen LogP contribution in [0.4, 0.5) is 4.79 Å². The van der Waals surface area contributed by atoms with Crippen LogP contribution in [0.25, 0.3) is 0 Å². The van der Waals surface area contributed by atoms with Crippen LogP contribution < -0.4 is 5.32 Å².